The van der Waals surface area contributed by atoms with E-state index in [-0.39, 0.29) is 5.60 Å². The number of allylic oxidation sites excluding steroid dienone is 4. The SMILES string of the molecule is C/C(=C\Cc1ccccc1)C/C=C(\C)CCC1OC1(C)C. The zero-order valence-electron chi connectivity index (χ0n) is 13.9. The van der Waals surface area contributed by atoms with Crippen LogP contribution < -0.4 is 0 Å². The normalized spacial score (nSPS) is 21.4. The average Bonchev–Trinajstić information content (AvgIpc) is 3.09. The maximum absolute atomic E-state index is 5.63. The van der Waals surface area contributed by atoms with Gasteiger partial charge in [0.05, 0.1) is 11.7 Å². The van der Waals surface area contributed by atoms with E-state index in [9.17, 15) is 0 Å². The predicted octanol–water partition coefficient (Wildman–Crippen LogP) is 5.47. The lowest BCUT2D eigenvalue weighted by atomic mass is 10.0. The van der Waals surface area contributed by atoms with Gasteiger partial charge in [-0.15, -0.1) is 0 Å². The third-order valence-electron chi connectivity index (χ3n) is 4.27. The molecule has 1 aromatic carbocycles. The van der Waals surface area contributed by atoms with E-state index < -0.39 is 0 Å². The van der Waals surface area contributed by atoms with Crippen molar-refractivity contribution in [1.82, 2.24) is 0 Å². The molecule has 0 aromatic heterocycles. The third kappa shape index (κ3) is 5.51. The van der Waals surface area contributed by atoms with Crippen LogP contribution in [-0.4, -0.2) is 11.7 Å². The first-order valence-corrected chi connectivity index (χ1v) is 8.00. The van der Waals surface area contributed by atoms with E-state index >= 15 is 0 Å². The number of rotatable bonds is 7. The molecule has 1 aliphatic heterocycles. The van der Waals surface area contributed by atoms with Gasteiger partial charge in [-0.25, -0.2) is 0 Å². The minimum atomic E-state index is 0.131. The summed E-state index contributed by atoms with van der Waals surface area (Å²) >= 11 is 0. The molecule has 1 aliphatic rings. The molecule has 1 aromatic rings. The highest BCUT2D eigenvalue weighted by atomic mass is 16.6. The first kappa shape index (κ1) is 16.0. The summed E-state index contributed by atoms with van der Waals surface area (Å²) in [6, 6.07) is 10.6. The molecular weight excluding hydrogens is 256 g/mol. The van der Waals surface area contributed by atoms with Gasteiger partial charge in [-0.05, 0) is 58.9 Å². The molecule has 21 heavy (non-hydrogen) atoms. The van der Waals surface area contributed by atoms with Crippen LogP contribution >= 0.6 is 0 Å². The molecule has 0 amide bonds. The lowest BCUT2D eigenvalue weighted by Crippen LogP contribution is -2.02. The largest absolute Gasteiger partial charge is 0.367 e. The molecule has 1 saturated heterocycles. The maximum atomic E-state index is 5.63. The van der Waals surface area contributed by atoms with Gasteiger partial charge in [-0.1, -0.05) is 53.6 Å². The van der Waals surface area contributed by atoms with Gasteiger partial charge in [0.1, 0.15) is 0 Å². The Morgan fingerprint density at radius 3 is 2.38 bits per heavy atom. The van der Waals surface area contributed by atoms with E-state index in [1.54, 1.807) is 0 Å². The number of epoxide rings is 1. The van der Waals surface area contributed by atoms with Crippen LogP contribution in [0.1, 0.15) is 52.5 Å². The Balaban J connectivity index is 1.71. The molecule has 0 N–H and O–H groups in total. The number of hydrogen-bond acceptors (Lipinski definition) is 1. The van der Waals surface area contributed by atoms with Crippen molar-refractivity contribution in [3.8, 4) is 0 Å². The minimum Gasteiger partial charge on any atom is -0.367 e. The van der Waals surface area contributed by atoms with E-state index in [2.05, 4.69) is 70.2 Å². The predicted molar refractivity (Wildman–Crippen MR) is 90.5 cm³/mol. The summed E-state index contributed by atoms with van der Waals surface area (Å²) in [6.07, 6.45) is 9.58. The van der Waals surface area contributed by atoms with Crippen molar-refractivity contribution in [1.29, 1.82) is 0 Å². The maximum Gasteiger partial charge on any atom is 0.0892 e. The molecular formula is C20H28O. The van der Waals surface area contributed by atoms with Crippen molar-refractivity contribution < 1.29 is 4.74 Å². The number of benzene rings is 1. The third-order valence-corrected chi connectivity index (χ3v) is 4.27. The zero-order valence-corrected chi connectivity index (χ0v) is 13.9. The van der Waals surface area contributed by atoms with Gasteiger partial charge >= 0.3 is 0 Å². The standard InChI is InChI=1S/C20H28O/c1-16(12-14-18-8-6-5-7-9-18)10-11-17(2)13-15-19-20(3,4)21-19/h5-9,11-12,19H,10,13-15H2,1-4H3/b16-12+,17-11+. The van der Waals surface area contributed by atoms with Crippen molar-refractivity contribution in [2.45, 2.75) is 65.1 Å². The van der Waals surface area contributed by atoms with Crippen molar-refractivity contribution in [3.63, 3.8) is 0 Å². The first-order valence-electron chi connectivity index (χ1n) is 8.00. The fraction of sp³-hybridized carbons (Fsp3) is 0.500. The molecule has 0 bridgehead atoms. The highest BCUT2D eigenvalue weighted by Crippen LogP contribution is 2.38. The van der Waals surface area contributed by atoms with Crippen LogP contribution in [0.5, 0.6) is 0 Å². The Morgan fingerprint density at radius 2 is 1.76 bits per heavy atom. The van der Waals surface area contributed by atoms with E-state index in [4.69, 9.17) is 4.74 Å². The van der Waals surface area contributed by atoms with Gasteiger partial charge in [0.2, 0.25) is 0 Å². The lowest BCUT2D eigenvalue weighted by molar-refractivity contribution is 0.320. The van der Waals surface area contributed by atoms with Crippen LogP contribution in [0.4, 0.5) is 0 Å². The summed E-state index contributed by atoms with van der Waals surface area (Å²) in [6.45, 7) is 8.81. The van der Waals surface area contributed by atoms with Gasteiger partial charge in [-0.3, -0.25) is 0 Å². The Kier molecular flexibility index (Phi) is 5.41. The molecule has 0 aliphatic carbocycles. The second kappa shape index (κ2) is 7.09. The second-order valence-corrected chi connectivity index (χ2v) is 6.74. The minimum absolute atomic E-state index is 0.131. The van der Waals surface area contributed by atoms with Gasteiger partial charge < -0.3 is 4.74 Å². The van der Waals surface area contributed by atoms with Crippen LogP contribution in [-0.2, 0) is 11.2 Å². The molecule has 0 spiro atoms. The van der Waals surface area contributed by atoms with Gasteiger partial charge in [0.15, 0.2) is 0 Å². The Morgan fingerprint density at radius 1 is 1.10 bits per heavy atom. The molecule has 2 rings (SSSR count). The van der Waals surface area contributed by atoms with Crippen molar-refractivity contribution in [2.24, 2.45) is 0 Å². The quantitative estimate of drug-likeness (QED) is 0.478. The molecule has 114 valence electrons. The molecule has 1 atom stereocenters. The van der Waals surface area contributed by atoms with Gasteiger partial charge in [0, 0.05) is 0 Å². The zero-order chi connectivity index (χ0) is 15.3. The van der Waals surface area contributed by atoms with Crippen molar-refractivity contribution in [2.75, 3.05) is 0 Å². The summed E-state index contributed by atoms with van der Waals surface area (Å²) in [5.74, 6) is 0. The Bertz CT molecular complexity index is 508. The molecule has 1 heteroatoms. The van der Waals surface area contributed by atoms with E-state index in [0.717, 1.165) is 25.7 Å². The van der Waals surface area contributed by atoms with Gasteiger partial charge in [0.25, 0.3) is 0 Å². The van der Waals surface area contributed by atoms with E-state index in [1.807, 2.05) is 0 Å². The smallest absolute Gasteiger partial charge is 0.0892 e. The number of ether oxygens (including phenoxy) is 1. The highest BCUT2D eigenvalue weighted by molar-refractivity contribution is 5.20. The Hall–Kier alpha value is -1.34. The van der Waals surface area contributed by atoms with Crippen LogP contribution in [0.15, 0.2) is 53.6 Å². The van der Waals surface area contributed by atoms with Crippen LogP contribution in [0.25, 0.3) is 0 Å². The molecule has 1 heterocycles. The summed E-state index contributed by atoms with van der Waals surface area (Å²) < 4.78 is 5.63. The topological polar surface area (TPSA) is 12.5 Å². The summed E-state index contributed by atoms with van der Waals surface area (Å²) in [5.41, 5.74) is 4.44. The molecule has 1 fully saturated rings. The summed E-state index contributed by atoms with van der Waals surface area (Å²) in [5, 5.41) is 0. The van der Waals surface area contributed by atoms with Crippen molar-refractivity contribution in [3.05, 3.63) is 59.2 Å². The molecule has 0 saturated carbocycles. The molecule has 1 unspecified atom stereocenters. The molecule has 0 radical (unpaired) electrons. The monoisotopic (exact) mass is 284 g/mol. The fourth-order valence-corrected chi connectivity index (χ4v) is 2.52. The second-order valence-electron chi connectivity index (χ2n) is 6.74. The van der Waals surface area contributed by atoms with Crippen molar-refractivity contribution >= 4 is 0 Å². The lowest BCUT2D eigenvalue weighted by Gasteiger charge is -2.02. The van der Waals surface area contributed by atoms with E-state index in [0.29, 0.717) is 6.10 Å². The number of hydrogen-bond donors (Lipinski definition) is 0. The van der Waals surface area contributed by atoms with Crippen LogP contribution in [0, 0.1) is 0 Å². The fourth-order valence-electron chi connectivity index (χ4n) is 2.52. The summed E-state index contributed by atoms with van der Waals surface area (Å²) in [4.78, 5) is 0. The average molecular weight is 284 g/mol. The highest BCUT2D eigenvalue weighted by Gasteiger charge is 2.46. The van der Waals surface area contributed by atoms with Crippen LogP contribution in [0.3, 0.4) is 0 Å². The summed E-state index contributed by atoms with van der Waals surface area (Å²) in [7, 11) is 0. The van der Waals surface area contributed by atoms with E-state index in [1.165, 1.54) is 16.7 Å². The first-order chi connectivity index (χ1) is 9.97. The molecule has 1 nitrogen and oxygen atoms in total. The van der Waals surface area contributed by atoms with Crippen LogP contribution in [0.2, 0.25) is 0 Å². The Labute approximate surface area is 129 Å². The van der Waals surface area contributed by atoms with Gasteiger partial charge in [-0.2, -0.15) is 0 Å².